The van der Waals surface area contributed by atoms with Crippen molar-refractivity contribution in [2.24, 2.45) is 0 Å². The standard InChI is InChI=1S/C11H9ClF2N4O/c1-6-4-9(19-11(13)14)17-18(6)10-7(5-15)2-3-8(12)16-10/h2-5,11,15H,1H3. The Morgan fingerprint density at radius 3 is 2.84 bits per heavy atom. The lowest BCUT2D eigenvalue weighted by atomic mass is 10.3. The Bertz CT molecular complexity index is 615. The van der Waals surface area contributed by atoms with E-state index in [-0.39, 0.29) is 16.9 Å². The molecule has 0 aliphatic rings. The van der Waals surface area contributed by atoms with Gasteiger partial charge in [0.2, 0.25) is 5.88 Å². The van der Waals surface area contributed by atoms with Crippen LogP contribution in [-0.4, -0.2) is 27.6 Å². The van der Waals surface area contributed by atoms with Gasteiger partial charge in [-0.2, -0.15) is 8.78 Å². The molecule has 0 aromatic carbocycles. The van der Waals surface area contributed by atoms with Gasteiger partial charge in [-0.25, -0.2) is 9.67 Å². The molecule has 0 radical (unpaired) electrons. The minimum Gasteiger partial charge on any atom is -0.415 e. The van der Waals surface area contributed by atoms with Crippen LogP contribution >= 0.6 is 11.6 Å². The molecule has 0 spiro atoms. The van der Waals surface area contributed by atoms with Crippen LogP contribution < -0.4 is 4.74 Å². The molecule has 2 aromatic heterocycles. The summed E-state index contributed by atoms with van der Waals surface area (Å²) in [5.41, 5.74) is 0.993. The van der Waals surface area contributed by atoms with Gasteiger partial charge in [-0.1, -0.05) is 11.6 Å². The molecule has 5 nitrogen and oxygen atoms in total. The molecular formula is C11H9ClF2N4O. The average Bonchev–Trinajstić information content (AvgIpc) is 2.69. The molecule has 0 saturated carbocycles. The molecule has 2 rings (SSSR count). The predicted molar refractivity (Wildman–Crippen MR) is 65.6 cm³/mol. The van der Waals surface area contributed by atoms with Gasteiger partial charge in [-0.15, -0.1) is 5.10 Å². The van der Waals surface area contributed by atoms with Gasteiger partial charge in [0.05, 0.1) is 0 Å². The average molecular weight is 287 g/mol. The van der Waals surface area contributed by atoms with Gasteiger partial charge in [0.25, 0.3) is 0 Å². The summed E-state index contributed by atoms with van der Waals surface area (Å²) < 4.78 is 29.8. The Kier molecular flexibility index (Phi) is 3.75. The summed E-state index contributed by atoms with van der Waals surface area (Å²) in [7, 11) is 0. The van der Waals surface area contributed by atoms with E-state index >= 15 is 0 Å². The van der Waals surface area contributed by atoms with Crippen molar-refractivity contribution in [3.8, 4) is 11.7 Å². The van der Waals surface area contributed by atoms with Gasteiger partial charge in [-0.3, -0.25) is 0 Å². The van der Waals surface area contributed by atoms with E-state index in [0.717, 1.165) is 6.21 Å². The number of nitrogens with one attached hydrogen (secondary N) is 1. The number of alkyl halides is 2. The molecule has 0 atom stereocenters. The van der Waals surface area contributed by atoms with Crippen LogP contribution in [0.5, 0.6) is 5.88 Å². The first kappa shape index (κ1) is 13.4. The zero-order valence-corrected chi connectivity index (χ0v) is 10.5. The molecule has 0 saturated heterocycles. The molecule has 1 N–H and O–H groups in total. The fraction of sp³-hybridized carbons (Fsp3) is 0.182. The Morgan fingerprint density at radius 1 is 1.47 bits per heavy atom. The summed E-state index contributed by atoms with van der Waals surface area (Å²) in [5.74, 6) is 0.0642. The van der Waals surface area contributed by atoms with Crippen molar-refractivity contribution in [3.05, 3.63) is 34.6 Å². The first-order valence-electron chi connectivity index (χ1n) is 5.20. The van der Waals surface area contributed by atoms with Crippen molar-refractivity contribution >= 4 is 17.8 Å². The number of hydrogen-bond acceptors (Lipinski definition) is 4. The fourth-order valence-corrected chi connectivity index (χ4v) is 1.67. The Balaban J connectivity index is 2.49. The topological polar surface area (TPSA) is 63.8 Å². The van der Waals surface area contributed by atoms with Crippen LogP contribution in [0.4, 0.5) is 8.78 Å². The highest BCUT2D eigenvalue weighted by Crippen LogP contribution is 2.20. The lowest BCUT2D eigenvalue weighted by molar-refractivity contribution is -0.0530. The van der Waals surface area contributed by atoms with Gasteiger partial charge in [-0.05, 0) is 19.1 Å². The lowest BCUT2D eigenvalue weighted by Gasteiger charge is -2.06. The first-order valence-corrected chi connectivity index (χ1v) is 5.58. The van der Waals surface area contributed by atoms with Gasteiger partial charge >= 0.3 is 6.61 Å². The fourth-order valence-electron chi connectivity index (χ4n) is 1.53. The van der Waals surface area contributed by atoms with Crippen molar-refractivity contribution < 1.29 is 13.5 Å². The molecule has 8 heteroatoms. The van der Waals surface area contributed by atoms with Crippen LogP contribution in [0.25, 0.3) is 5.82 Å². The zero-order chi connectivity index (χ0) is 14.0. The SMILES string of the molecule is Cc1cc(OC(F)F)nn1-c1nc(Cl)ccc1C=N. The third kappa shape index (κ3) is 2.87. The predicted octanol–water partition coefficient (Wildman–Crippen LogP) is 2.83. The monoisotopic (exact) mass is 286 g/mol. The second-order valence-corrected chi connectivity index (χ2v) is 3.99. The number of rotatable bonds is 4. The minimum absolute atomic E-state index is 0.215. The van der Waals surface area contributed by atoms with Crippen LogP contribution in [-0.2, 0) is 0 Å². The highest BCUT2D eigenvalue weighted by molar-refractivity contribution is 6.29. The molecular weight excluding hydrogens is 278 g/mol. The van der Waals surface area contributed by atoms with Crippen molar-refractivity contribution in [1.29, 1.82) is 5.41 Å². The molecule has 19 heavy (non-hydrogen) atoms. The molecule has 0 unspecified atom stereocenters. The molecule has 2 aromatic rings. The summed E-state index contributed by atoms with van der Waals surface area (Å²) in [4.78, 5) is 4.04. The van der Waals surface area contributed by atoms with Crippen LogP contribution in [0.1, 0.15) is 11.3 Å². The van der Waals surface area contributed by atoms with Crippen LogP contribution in [0, 0.1) is 12.3 Å². The molecule has 0 bridgehead atoms. The number of ether oxygens (including phenoxy) is 1. The Hall–Kier alpha value is -2.02. The van der Waals surface area contributed by atoms with Gasteiger partial charge in [0.1, 0.15) is 5.15 Å². The van der Waals surface area contributed by atoms with E-state index < -0.39 is 6.61 Å². The normalized spacial score (nSPS) is 10.8. The molecule has 0 aliphatic carbocycles. The largest absolute Gasteiger partial charge is 0.415 e. The minimum atomic E-state index is -2.95. The van der Waals surface area contributed by atoms with Crippen LogP contribution in [0.2, 0.25) is 5.15 Å². The number of aromatic nitrogens is 3. The molecule has 0 fully saturated rings. The van der Waals surface area contributed by atoms with E-state index in [4.69, 9.17) is 17.0 Å². The smallest absolute Gasteiger partial charge is 0.388 e. The van der Waals surface area contributed by atoms with Crippen LogP contribution in [0.3, 0.4) is 0 Å². The maximum absolute atomic E-state index is 12.1. The van der Waals surface area contributed by atoms with E-state index in [9.17, 15) is 8.78 Å². The molecule has 0 aliphatic heterocycles. The van der Waals surface area contributed by atoms with Gasteiger partial charge in [0, 0.05) is 23.5 Å². The zero-order valence-electron chi connectivity index (χ0n) is 9.77. The van der Waals surface area contributed by atoms with Crippen molar-refractivity contribution in [1.82, 2.24) is 14.8 Å². The number of pyridine rings is 1. The van der Waals surface area contributed by atoms with Gasteiger partial charge < -0.3 is 10.1 Å². The number of aryl methyl sites for hydroxylation is 1. The maximum Gasteiger partial charge on any atom is 0.388 e. The van der Waals surface area contributed by atoms with E-state index in [2.05, 4.69) is 14.8 Å². The number of nitrogens with zero attached hydrogens (tertiary/aromatic N) is 3. The van der Waals surface area contributed by atoms with Crippen molar-refractivity contribution in [3.63, 3.8) is 0 Å². The van der Waals surface area contributed by atoms with Crippen LogP contribution in [0.15, 0.2) is 18.2 Å². The second kappa shape index (κ2) is 5.31. The maximum atomic E-state index is 12.1. The van der Waals surface area contributed by atoms with E-state index in [1.165, 1.54) is 16.8 Å². The van der Waals surface area contributed by atoms with Crippen molar-refractivity contribution in [2.45, 2.75) is 13.5 Å². The highest BCUT2D eigenvalue weighted by Gasteiger charge is 2.14. The number of hydrogen-bond donors (Lipinski definition) is 1. The summed E-state index contributed by atoms with van der Waals surface area (Å²) in [6, 6.07) is 4.47. The Labute approximate surface area is 112 Å². The summed E-state index contributed by atoms with van der Waals surface area (Å²) in [6.07, 6.45) is 1.08. The Morgan fingerprint density at radius 2 is 2.21 bits per heavy atom. The first-order chi connectivity index (χ1) is 9.01. The third-order valence-corrected chi connectivity index (χ3v) is 2.51. The number of halogens is 3. The summed E-state index contributed by atoms with van der Waals surface area (Å²) in [5, 5.41) is 11.4. The second-order valence-electron chi connectivity index (χ2n) is 3.61. The lowest BCUT2D eigenvalue weighted by Crippen LogP contribution is -2.07. The summed E-state index contributed by atoms with van der Waals surface area (Å²) >= 11 is 5.79. The molecule has 100 valence electrons. The van der Waals surface area contributed by atoms with E-state index in [1.54, 1.807) is 13.0 Å². The summed E-state index contributed by atoms with van der Waals surface area (Å²) in [6.45, 7) is -1.29. The highest BCUT2D eigenvalue weighted by atomic mass is 35.5. The molecule has 0 amide bonds. The van der Waals surface area contributed by atoms with E-state index in [1.807, 2.05) is 0 Å². The third-order valence-electron chi connectivity index (χ3n) is 2.30. The van der Waals surface area contributed by atoms with E-state index in [0.29, 0.717) is 11.3 Å². The molecule has 2 heterocycles. The van der Waals surface area contributed by atoms with Gasteiger partial charge in [0.15, 0.2) is 5.82 Å². The van der Waals surface area contributed by atoms with Crippen molar-refractivity contribution in [2.75, 3.05) is 0 Å². The quantitative estimate of drug-likeness (QED) is 0.694.